The van der Waals surface area contributed by atoms with Crippen LogP contribution in [-0.4, -0.2) is 23.7 Å². The third-order valence-electron chi connectivity index (χ3n) is 4.70. The molecule has 2 aromatic carbocycles. The second kappa shape index (κ2) is 8.19. The fourth-order valence-corrected chi connectivity index (χ4v) is 3.57. The summed E-state index contributed by atoms with van der Waals surface area (Å²) >= 11 is 3.39. The van der Waals surface area contributed by atoms with E-state index in [1.807, 2.05) is 12.1 Å². The van der Waals surface area contributed by atoms with E-state index in [-0.39, 0.29) is 11.6 Å². The molecule has 0 N–H and O–H groups in total. The predicted octanol–water partition coefficient (Wildman–Crippen LogP) is 5.43. The van der Waals surface area contributed by atoms with Crippen LogP contribution in [0.3, 0.4) is 0 Å². The minimum absolute atomic E-state index is 0.136. The molecular weight excluding hydrogens is 466 g/mol. The Labute approximate surface area is 185 Å². The van der Waals surface area contributed by atoms with E-state index in [0.717, 1.165) is 4.47 Å². The highest BCUT2D eigenvalue weighted by Gasteiger charge is 2.29. The third kappa shape index (κ3) is 3.99. The van der Waals surface area contributed by atoms with Gasteiger partial charge in [0.05, 0.1) is 40.6 Å². The lowest BCUT2D eigenvalue weighted by molar-refractivity contribution is -0.384. The van der Waals surface area contributed by atoms with Gasteiger partial charge in [0.2, 0.25) is 0 Å². The number of hydrogen-bond donors (Lipinski definition) is 0. The van der Waals surface area contributed by atoms with Crippen molar-refractivity contribution in [2.75, 3.05) is 12.1 Å². The zero-order valence-corrected chi connectivity index (χ0v) is 18.1. The van der Waals surface area contributed by atoms with Crippen molar-refractivity contribution in [3.63, 3.8) is 0 Å². The molecule has 0 fully saturated rings. The van der Waals surface area contributed by atoms with Gasteiger partial charge < -0.3 is 9.15 Å². The van der Waals surface area contributed by atoms with Crippen molar-refractivity contribution >= 4 is 45.0 Å². The highest BCUT2D eigenvalue weighted by atomic mass is 79.9. The highest BCUT2D eigenvalue weighted by Crippen LogP contribution is 2.35. The Bertz CT molecular complexity index is 1260. The zero-order chi connectivity index (χ0) is 22.1. The second-order valence-corrected chi connectivity index (χ2v) is 7.60. The van der Waals surface area contributed by atoms with Crippen molar-refractivity contribution < 1.29 is 18.9 Å². The van der Waals surface area contributed by atoms with Gasteiger partial charge >= 0.3 is 0 Å². The minimum Gasteiger partial charge on any atom is -0.497 e. The summed E-state index contributed by atoms with van der Waals surface area (Å²) in [6.45, 7) is 1.74. The lowest BCUT2D eigenvalue weighted by Gasteiger charge is -2.11. The van der Waals surface area contributed by atoms with Gasteiger partial charge in [0.25, 0.3) is 11.6 Å². The first-order chi connectivity index (χ1) is 14.9. The maximum atomic E-state index is 12.9. The van der Waals surface area contributed by atoms with E-state index in [4.69, 9.17) is 9.15 Å². The number of halogens is 1. The number of methoxy groups -OCH3 is 1. The number of nitro benzene ring substituents is 1. The molecule has 1 aliphatic rings. The summed E-state index contributed by atoms with van der Waals surface area (Å²) in [5, 5.41) is 17.1. The number of amides is 1. The standard InChI is InChI=1S/C22H16BrN3O5/c1-13-19(22(27)25(24-13)15-5-3-4-14(23)10-15)11-17-7-9-21(31-17)18-8-6-16(30-2)12-20(18)26(28)29/h3-12H,1-2H3/b19-11+. The maximum Gasteiger partial charge on any atom is 0.284 e. The third-order valence-corrected chi connectivity index (χ3v) is 5.19. The molecule has 31 heavy (non-hydrogen) atoms. The molecule has 2 heterocycles. The first-order valence-corrected chi connectivity index (χ1v) is 9.96. The number of rotatable bonds is 5. The average Bonchev–Trinajstić information content (AvgIpc) is 3.33. The minimum atomic E-state index is -0.494. The number of benzene rings is 2. The predicted molar refractivity (Wildman–Crippen MR) is 120 cm³/mol. The number of ether oxygens (including phenoxy) is 1. The fourth-order valence-electron chi connectivity index (χ4n) is 3.18. The molecule has 1 aliphatic heterocycles. The molecule has 0 saturated heterocycles. The van der Waals surface area contributed by atoms with Crippen LogP contribution in [0, 0.1) is 10.1 Å². The Hall–Kier alpha value is -3.72. The number of carbonyl (C=O) groups is 1. The number of carbonyl (C=O) groups excluding carboxylic acids is 1. The monoisotopic (exact) mass is 481 g/mol. The van der Waals surface area contributed by atoms with Crippen LogP contribution in [0.4, 0.5) is 11.4 Å². The van der Waals surface area contributed by atoms with E-state index in [0.29, 0.717) is 39.8 Å². The molecule has 0 radical (unpaired) electrons. The van der Waals surface area contributed by atoms with E-state index >= 15 is 0 Å². The van der Waals surface area contributed by atoms with Gasteiger partial charge in [0.15, 0.2) is 0 Å². The smallest absolute Gasteiger partial charge is 0.284 e. The summed E-state index contributed by atoms with van der Waals surface area (Å²) < 4.78 is 11.7. The van der Waals surface area contributed by atoms with Crippen LogP contribution in [0.1, 0.15) is 12.7 Å². The molecule has 9 heteroatoms. The molecular formula is C22H16BrN3O5. The first kappa shape index (κ1) is 20.5. The Morgan fingerprint density at radius 2 is 2.00 bits per heavy atom. The fraction of sp³-hybridized carbons (Fsp3) is 0.0909. The lowest BCUT2D eigenvalue weighted by atomic mass is 10.1. The first-order valence-electron chi connectivity index (χ1n) is 9.17. The number of anilines is 1. The number of nitrogens with zero attached hydrogens (tertiary/aromatic N) is 3. The Kier molecular flexibility index (Phi) is 5.43. The molecule has 0 atom stereocenters. The summed E-state index contributed by atoms with van der Waals surface area (Å²) in [6, 6.07) is 15.1. The lowest BCUT2D eigenvalue weighted by Crippen LogP contribution is -2.21. The topological polar surface area (TPSA) is 98.2 Å². The summed E-state index contributed by atoms with van der Waals surface area (Å²) in [7, 11) is 1.44. The maximum absolute atomic E-state index is 12.9. The van der Waals surface area contributed by atoms with Gasteiger partial charge in [-0.1, -0.05) is 22.0 Å². The van der Waals surface area contributed by atoms with Crippen molar-refractivity contribution in [2.24, 2.45) is 5.10 Å². The van der Waals surface area contributed by atoms with Crippen molar-refractivity contribution in [1.29, 1.82) is 0 Å². The summed E-state index contributed by atoms with van der Waals surface area (Å²) in [5.41, 5.74) is 1.73. The Morgan fingerprint density at radius 3 is 2.71 bits per heavy atom. The Balaban J connectivity index is 1.66. The van der Waals surface area contributed by atoms with Gasteiger partial charge in [-0.05, 0) is 55.5 Å². The van der Waals surface area contributed by atoms with Crippen molar-refractivity contribution in [1.82, 2.24) is 0 Å². The molecule has 1 amide bonds. The van der Waals surface area contributed by atoms with Crippen LogP contribution in [0.25, 0.3) is 17.4 Å². The second-order valence-electron chi connectivity index (χ2n) is 6.68. The van der Waals surface area contributed by atoms with Gasteiger partial charge in [-0.25, -0.2) is 0 Å². The molecule has 0 unspecified atom stereocenters. The van der Waals surface area contributed by atoms with Crippen LogP contribution in [0.15, 0.2) is 74.2 Å². The molecule has 0 aliphatic carbocycles. The van der Waals surface area contributed by atoms with E-state index in [9.17, 15) is 14.9 Å². The van der Waals surface area contributed by atoms with Gasteiger partial charge in [-0.3, -0.25) is 14.9 Å². The van der Waals surface area contributed by atoms with E-state index in [2.05, 4.69) is 21.0 Å². The number of hydrogen-bond acceptors (Lipinski definition) is 6. The summed E-state index contributed by atoms with van der Waals surface area (Å²) in [6.07, 6.45) is 1.58. The molecule has 0 bridgehead atoms. The van der Waals surface area contributed by atoms with Gasteiger partial charge in [0.1, 0.15) is 17.3 Å². The van der Waals surface area contributed by atoms with Crippen LogP contribution in [-0.2, 0) is 4.79 Å². The Morgan fingerprint density at radius 1 is 1.19 bits per heavy atom. The molecule has 8 nitrogen and oxygen atoms in total. The largest absolute Gasteiger partial charge is 0.497 e. The van der Waals surface area contributed by atoms with Crippen molar-refractivity contribution in [3.8, 4) is 17.1 Å². The van der Waals surface area contributed by atoms with Crippen LogP contribution >= 0.6 is 15.9 Å². The van der Waals surface area contributed by atoms with E-state index in [1.54, 1.807) is 49.4 Å². The molecule has 156 valence electrons. The zero-order valence-electron chi connectivity index (χ0n) is 16.5. The average molecular weight is 482 g/mol. The van der Waals surface area contributed by atoms with Gasteiger partial charge in [0, 0.05) is 4.47 Å². The molecule has 3 aromatic rings. The molecule has 4 rings (SSSR count). The van der Waals surface area contributed by atoms with Gasteiger partial charge in [-0.15, -0.1) is 0 Å². The SMILES string of the molecule is COc1ccc(-c2ccc(/C=C3/C(=O)N(c4cccc(Br)c4)N=C3C)o2)c([N+](=O)[O-])c1. The molecule has 0 spiro atoms. The number of furan rings is 1. The quantitative estimate of drug-likeness (QED) is 0.274. The summed E-state index contributed by atoms with van der Waals surface area (Å²) in [5.74, 6) is 0.781. The van der Waals surface area contributed by atoms with Gasteiger partial charge in [-0.2, -0.15) is 10.1 Å². The van der Waals surface area contributed by atoms with Crippen molar-refractivity contribution in [3.05, 3.63) is 80.5 Å². The normalized spacial score (nSPS) is 14.8. The molecule has 1 aromatic heterocycles. The highest BCUT2D eigenvalue weighted by molar-refractivity contribution is 9.10. The van der Waals surface area contributed by atoms with Crippen LogP contribution in [0.2, 0.25) is 0 Å². The van der Waals surface area contributed by atoms with Crippen LogP contribution in [0.5, 0.6) is 5.75 Å². The summed E-state index contributed by atoms with van der Waals surface area (Å²) in [4.78, 5) is 23.9. The van der Waals surface area contributed by atoms with Crippen molar-refractivity contribution in [2.45, 2.75) is 6.92 Å². The van der Waals surface area contributed by atoms with E-state index in [1.165, 1.54) is 18.2 Å². The van der Waals surface area contributed by atoms with E-state index < -0.39 is 4.92 Å². The molecule has 0 saturated carbocycles. The number of nitro groups is 1. The number of hydrazone groups is 1. The van der Waals surface area contributed by atoms with Crippen LogP contribution < -0.4 is 9.75 Å².